The van der Waals surface area contributed by atoms with Crippen LogP contribution in [0.25, 0.3) is 0 Å². The first-order chi connectivity index (χ1) is 9.50. The lowest BCUT2D eigenvalue weighted by Gasteiger charge is -2.31. The summed E-state index contributed by atoms with van der Waals surface area (Å²) in [5.74, 6) is 0.0150. The number of carbonyl (C=O) groups excluding carboxylic acids is 1. The van der Waals surface area contributed by atoms with Crippen LogP contribution in [0, 0.1) is 0 Å². The van der Waals surface area contributed by atoms with Crippen LogP contribution in [0.2, 0.25) is 0 Å². The van der Waals surface area contributed by atoms with Gasteiger partial charge in [0.2, 0.25) is 5.91 Å². The summed E-state index contributed by atoms with van der Waals surface area (Å²) < 4.78 is 5.50. The third-order valence-electron chi connectivity index (χ3n) is 3.86. The van der Waals surface area contributed by atoms with E-state index in [1.807, 2.05) is 25.1 Å². The quantitative estimate of drug-likeness (QED) is 0.875. The molecule has 0 radical (unpaired) electrons. The molecule has 0 aliphatic carbocycles. The lowest BCUT2D eigenvalue weighted by molar-refractivity contribution is -0.129. The lowest BCUT2D eigenvalue weighted by atomic mass is 9.84. The molecule has 0 bridgehead atoms. The van der Waals surface area contributed by atoms with Crippen LogP contribution in [0.5, 0.6) is 0 Å². The van der Waals surface area contributed by atoms with E-state index in [1.54, 1.807) is 0 Å². The van der Waals surface area contributed by atoms with Gasteiger partial charge in [-0.25, -0.2) is 0 Å². The van der Waals surface area contributed by atoms with Gasteiger partial charge in [0, 0.05) is 18.5 Å². The lowest BCUT2D eigenvalue weighted by Crippen LogP contribution is -2.56. The van der Waals surface area contributed by atoms with Crippen molar-refractivity contribution in [2.45, 2.75) is 38.3 Å². The Morgan fingerprint density at radius 3 is 2.75 bits per heavy atom. The van der Waals surface area contributed by atoms with Gasteiger partial charge in [0.25, 0.3) is 0 Å². The third kappa shape index (κ3) is 3.58. The van der Waals surface area contributed by atoms with Gasteiger partial charge in [0.1, 0.15) is 6.04 Å². The van der Waals surface area contributed by atoms with E-state index in [1.165, 1.54) is 5.56 Å². The van der Waals surface area contributed by atoms with Crippen molar-refractivity contribution in [2.24, 2.45) is 0 Å². The van der Waals surface area contributed by atoms with Gasteiger partial charge >= 0.3 is 0 Å². The standard InChI is InChI=1S/C16H24N2O2/c1-12-14(17-9-10-20-12)15(19)18-11-16(2,3)13-7-5-4-6-8-13/h4-8,12,14,17H,9-11H2,1-3H3,(H,18,19)/t12-,14+/m1/s1. The van der Waals surface area contributed by atoms with E-state index in [9.17, 15) is 4.79 Å². The van der Waals surface area contributed by atoms with Crippen LogP contribution in [0.15, 0.2) is 30.3 Å². The predicted molar refractivity (Wildman–Crippen MR) is 79.7 cm³/mol. The fourth-order valence-corrected chi connectivity index (χ4v) is 2.44. The maximum Gasteiger partial charge on any atom is 0.239 e. The molecule has 1 aromatic carbocycles. The Balaban J connectivity index is 1.92. The topological polar surface area (TPSA) is 50.4 Å². The first-order valence-electron chi connectivity index (χ1n) is 7.19. The summed E-state index contributed by atoms with van der Waals surface area (Å²) in [6.07, 6.45) is -0.0800. The minimum Gasteiger partial charge on any atom is -0.375 e. The molecule has 0 unspecified atom stereocenters. The molecule has 1 aliphatic rings. The van der Waals surface area contributed by atoms with Crippen LogP contribution in [0.3, 0.4) is 0 Å². The molecule has 2 rings (SSSR count). The number of hydrogen-bond donors (Lipinski definition) is 2. The smallest absolute Gasteiger partial charge is 0.239 e. The zero-order valence-electron chi connectivity index (χ0n) is 12.5. The summed E-state index contributed by atoms with van der Waals surface area (Å²) in [5.41, 5.74) is 1.14. The van der Waals surface area contributed by atoms with Crippen LogP contribution in [0.4, 0.5) is 0 Å². The Hall–Kier alpha value is -1.39. The second-order valence-corrected chi connectivity index (χ2v) is 5.98. The fraction of sp³-hybridized carbons (Fsp3) is 0.562. The number of ether oxygens (including phenoxy) is 1. The highest BCUT2D eigenvalue weighted by molar-refractivity contribution is 5.82. The van der Waals surface area contributed by atoms with Gasteiger partial charge in [-0.1, -0.05) is 44.2 Å². The predicted octanol–water partition coefficient (Wildman–Crippen LogP) is 1.46. The molecular formula is C16H24N2O2. The average Bonchev–Trinajstić information content (AvgIpc) is 2.46. The van der Waals surface area contributed by atoms with E-state index in [0.29, 0.717) is 13.2 Å². The molecule has 110 valence electrons. The number of carbonyl (C=O) groups is 1. The Morgan fingerprint density at radius 1 is 1.40 bits per heavy atom. The maximum atomic E-state index is 12.2. The van der Waals surface area contributed by atoms with E-state index in [-0.39, 0.29) is 23.5 Å². The fourth-order valence-electron chi connectivity index (χ4n) is 2.44. The number of nitrogens with one attached hydrogen (secondary N) is 2. The molecular weight excluding hydrogens is 252 g/mol. The molecule has 0 aromatic heterocycles. The van der Waals surface area contributed by atoms with Gasteiger partial charge in [-0.2, -0.15) is 0 Å². The van der Waals surface area contributed by atoms with Crippen molar-refractivity contribution in [1.82, 2.24) is 10.6 Å². The van der Waals surface area contributed by atoms with Gasteiger partial charge in [0.15, 0.2) is 0 Å². The molecule has 4 nitrogen and oxygen atoms in total. The molecule has 1 fully saturated rings. The Labute approximate surface area is 120 Å². The summed E-state index contributed by atoms with van der Waals surface area (Å²) >= 11 is 0. The molecule has 20 heavy (non-hydrogen) atoms. The molecule has 4 heteroatoms. The van der Waals surface area contributed by atoms with Crippen LogP contribution in [-0.4, -0.2) is 37.7 Å². The van der Waals surface area contributed by atoms with E-state index < -0.39 is 0 Å². The molecule has 1 aromatic rings. The minimum atomic E-state index is -0.254. The van der Waals surface area contributed by atoms with E-state index >= 15 is 0 Å². The number of amides is 1. The SMILES string of the molecule is C[C@H]1OCCN[C@@H]1C(=O)NCC(C)(C)c1ccccc1. The molecule has 2 N–H and O–H groups in total. The van der Waals surface area contributed by atoms with Crippen LogP contribution < -0.4 is 10.6 Å². The molecule has 0 spiro atoms. The monoisotopic (exact) mass is 276 g/mol. The highest BCUT2D eigenvalue weighted by atomic mass is 16.5. The molecule has 1 heterocycles. The van der Waals surface area contributed by atoms with Gasteiger partial charge in [-0.15, -0.1) is 0 Å². The molecule has 2 atom stereocenters. The van der Waals surface area contributed by atoms with E-state index in [0.717, 1.165) is 6.54 Å². The largest absolute Gasteiger partial charge is 0.375 e. The van der Waals surface area contributed by atoms with Crippen molar-refractivity contribution >= 4 is 5.91 Å². The first kappa shape index (κ1) is 15.0. The average molecular weight is 276 g/mol. The Kier molecular flexibility index (Phi) is 4.78. The van der Waals surface area contributed by atoms with Crippen molar-refractivity contribution in [1.29, 1.82) is 0 Å². The zero-order valence-corrected chi connectivity index (χ0v) is 12.5. The van der Waals surface area contributed by atoms with Gasteiger partial charge in [0.05, 0.1) is 12.7 Å². The maximum absolute atomic E-state index is 12.2. The first-order valence-corrected chi connectivity index (χ1v) is 7.19. The van der Waals surface area contributed by atoms with Crippen molar-refractivity contribution < 1.29 is 9.53 Å². The van der Waals surface area contributed by atoms with E-state index in [4.69, 9.17) is 4.74 Å². The summed E-state index contributed by atoms with van der Waals surface area (Å²) in [5, 5.41) is 6.25. The molecule has 0 saturated carbocycles. The molecule has 1 saturated heterocycles. The molecule has 1 aliphatic heterocycles. The van der Waals surface area contributed by atoms with Gasteiger partial charge in [-0.3, -0.25) is 4.79 Å². The second-order valence-electron chi connectivity index (χ2n) is 5.98. The molecule has 1 amide bonds. The minimum absolute atomic E-state index is 0.0150. The Bertz CT molecular complexity index is 445. The second kappa shape index (κ2) is 6.37. The highest BCUT2D eigenvalue weighted by Crippen LogP contribution is 2.21. The van der Waals surface area contributed by atoms with Crippen molar-refractivity contribution in [3.8, 4) is 0 Å². The van der Waals surface area contributed by atoms with Crippen molar-refractivity contribution in [3.63, 3.8) is 0 Å². The van der Waals surface area contributed by atoms with Gasteiger partial charge < -0.3 is 15.4 Å². The van der Waals surface area contributed by atoms with Crippen molar-refractivity contribution in [2.75, 3.05) is 19.7 Å². The summed E-state index contributed by atoms with van der Waals surface area (Å²) in [6, 6.07) is 9.99. The van der Waals surface area contributed by atoms with Gasteiger partial charge in [-0.05, 0) is 12.5 Å². The Morgan fingerprint density at radius 2 is 2.10 bits per heavy atom. The third-order valence-corrected chi connectivity index (χ3v) is 3.86. The van der Waals surface area contributed by atoms with Crippen LogP contribution >= 0.6 is 0 Å². The number of benzene rings is 1. The van der Waals surface area contributed by atoms with E-state index in [2.05, 4.69) is 36.6 Å². The summed E-state index contributed by atoms with van der Waals surface area (Å²) in [6.45, 7) is 8.21. The van der Waals surface area contributed by atoms with Crippen LogP contribution in [0.1, 0.15) is 26.3 Å². The van der Waals surface area contributed by atoms with Crippen molar-refractivity contribution in [3.05, 3.63) is 35.9 Å². The summed E-state index contributed by atoms with van der Waals surface area (Å²) in [7, 11) is 0. The zero-order chi connectivity index (χ0) is 14.6. The number of morpholine rings is 1. The highest BCUT2D eigenvalue weighted by Gasteiger charge is 2.29. The normalized spacial score (nSPS) is 23.4. The summed E-state index contributed by atoms with van der Waals surface area (Å²) in [4.78, 5) is 12.2. The number of rotatable bonds is 4. The number of hydrogen-bond acceptors (Lipinski definition) is 3. The van der Waals surface area contributed by atoms with Crippen LogP contribution in [-0.2, 0) is 14.9 Å².